The molecule has 1 aromatic carbocycles. The van der Waals surface area contributed by atoms with Crippen molar-refractivity contribution in [2.75, 3.05) is 13.6 Å². The van der Waals surface area contributed by atoms with Crippen molar-refractivity contribution in [1.29, 1.82) is 0 Å². The Balaban J connectivity index is 1.92. The Morgan fingerprint density at radius 1 is 1.32 bits per heavy atom. The molecule has 0 N–H and O–H groups in total. The highest BCUT2D eigenvalue weighted by molar-refractivity contribution is 9.10. The van der Waals surface area contributed by atoms with Crippen LogP contribution in [0, 0.1) is 0 Å². The molecule has 1 heterocycles. The van der Waals surface area contributed by atoms with Gasteiger partial charge in [-0.3, -0.25) is 4.79 Å². The molecule has 0 radical (unpaired) electrons. The molecule has 1 aromatic heterocycles. The van der Waals surface area contributed by atoms with E-state index in [1.807, 2.05) is 24.3 Å². The summed E-state index contributed by atoms with van der Waals surface area (Å²) in [5, 5.41) is 0. The number of amides is 1. The summed E-state index contributed by atoms with van der Waals surface area (Å²) < 4.78 is 12.2. The zero-order valence-corrected chi connectivity index (χ0v) is 14.4. The topological polar surface area (TPSA) is 42.7 Å². The number of rotatable bonds is 7. The summed E-state index contributed by atoms with van der Waals surface area (Å²) >= 11 is 3.39. The van der Waals surface area contributed by atoms with Gasteiger partial charge in [-0.05, 0) is 36.8 Å². The zero-order valence-electron chi connectivity index (χ0n) is 12.8. The summed E-state index contributed by atoms with van der Waals surface area (Å²) in [4.78, 5) is 13.8. The molecule has 0 saturated carbocycles. The second kappa shape index (κ2) is 8.03. The van der Waals surface area contributed by atoms with Crippen LogP contribution in [0.25, 0.3) is 0 Å². The van der Waals surface area contributed by atoms with Crippen molar-refractivity contribution >= 4 is 21.8 Å². The van der Waals surface area contributed by atoms with Crippen LogP contribution in [0.15, 0.2) is 45.3 Å². The molecule has 0 bridgehead atoms. The predicted octanol–water partition coefficient (Wildman–Crippen LogP) is 4.49. The fourth-order valence-corrected chi connectivity index (χ4v) is 2.34. The first-order chi connectivity index (χ1) is 10.6. The van der Waals surface area contributed by atoms with Gasteiger partial charge in [0.1, 0.15) is 18.1 Å². The number of carbonyl (C=O) groups excluding carboxylic acids is 1. The molecule has 5 heteroatoms. The number of halogens is 1. The van der Waals surface area contributed by atoms with E-state index in [9.17, 15) is 4.79 Å². The summed E-state index contributed by atoms with van der Waals surface area (Å²) in [6.07, 6.45) is 2.04. The van der Waals surface area contributed by atoms with Crippen LogP contribution < -0.4 is 4.74 Å². The Morgan fingerprint density at radius 2 is 2.14 bits per heavy atom. The molecule has 0 unspecified atom stereocenters. The van der Waals surface area contributed by atoms with Crippen LogP contribution in [0.3, 0.4) is 0 Å². The van der Waals surface area contributed by atoms with Gasteiger partial charge in [0.15, 0.2) is 5.76 Å². The average Bonchev–Trinajstić information content (AvgIpc) is 2.99. The van der Waals surface area contributed by atoms with Crippen LogP contribution >= 0.6 is 15.9 Å². The minimum absolute atomic E-state index is 0.0952. The third-order valence-electron chi connectivity index (χ3n) is 3.24. The Labute approximate surface area is 139 Å². The Bertz CT molecular complexity index is 624. The molecule has 0 atom stereocenters. The lowest BCUT2D eigenvalue weighted by atomic mass is 10.3. The number of hydrogen-bond acceptors (Lipinski definition) is 3. The molecule has 0 spiro atoms. The van der Waals surface area contributed by atoms with Crippen LogP contribution in [0.4, 0.5) is 0 Å². The van der Waals surface area contributed by atoms with Crippen molar-refractivity contribution in [3.05, 3.63) is 52.4 Å². The maximum atomic E-state index is 12.2. The van der Waals surface area contributed by atoms with Crippen molar-refractivity contribution < 1.29 is 13.9 Å². The number of furan rings is 1. The van der Waals surface area contributed by atoms with Crippen LogP contribution in [0.2, 0.25) is 0 Å². The maximum absolute atomic E-state index is 12.2. The van der Waals surface area contributed by atoms with Crippen LogP contribution in [0.5, 0.6) is 5.75 Å². The molecule has 2 rings (SSSR count). The molecular weight excluding hydrogens is 346 g/mol. The quantitative estimate of drug-likeness (QED) is 0.725. The second-order valence-corrected chi connectivity index (χ2v) is 6.01. The highest BCUT2D eigenvalue weighted by Crippen LogP contribution is 2.19. The molecule has 0 aliphatic heterocycles. The third kappa shape index (κ3) is 4.63. The number of unbranched alkanes of at least 4 members (excludes halogenated alkanes) is 1. The third-order valence-corrected chi connectivity index (χ3v) is 3.74. The van der Waals surface area contributed by atoms with Gasteiger partial charge in [0.05, 0.1) is 0 Å². The van der Waals surface area contributed by atoms with Gasteiger partial charge in [0.2, 0.25) is 0 Å². The first-order valence-corrected chi connectivity index (χ1v) is 8.12. The van der Waals surface area contributed by atoms with Gasteiger partial charge in [-0.2, -0.15) is 0 Å². The number of nitrogens with zero attached hydrogens (tertiary/aromatic N) is 1. The minimum atomic E-state index is -0.0952. The number of ether oxygens (including phenoxy) is 1. The smallest absolute Gasteiger partial charge is 0.289 e. The molecule has 0 saturated heterocycles. The molecular formula is C17H20BrNO3. The average molecular weight is 366 g/mol. The fourth-order valence-electron chi connectivity index (χ4n) is 1.97. The van der Waals surface area contributed by atoms with Crippen molar-refractivity contribution in [2.45, 2.75) is 26.4 Å². The molecule has 22 heavy (non-hydrogen) atoms. The van der Waals surface area contributed by atoms with Crippen LogP contribution in [0.1, 0.15) is 36.1 Å². The molecule has 0 aliphatic carbocycles. The van der Waals surface area contributed by atoms with E-state index in [0.29, 0.717) is 18.1 Å². The lowest BCUT2D eigenvalue weighted by Gasteiger charge is -2.14. The Hall–Kier alpha value is -1.75. The summed E-state index contributed by atoms with van der Waals surface area (Å²) in [6.45, 7) is 3.13. The number of hydrogen-bond donors (Lipinski definition) is 0. The Morgan fingerprint density at radius 3 is 2.86 bits per heavy atom. The predicted molar refractivity (Wildman–Crippen MR) is 89.1 cm³/mol. The van der Waals surface area contributed by atoms with Gasteiger partial charge < -0.3 is 14.1 Å². The van der Waals surface area contributed by atoms with Crippen molar-refractivity contribution in [3.8, 4) is 5.75 Å². The highest BCUT2D eigenvalue weighted by atomic mass is 79.9. The highest BCUT2D eigenvalue weighted by Gasteiger charge is 2.15. The fraction of sp³-hybridized carbons (Fsp3) is 0.353. The summed E-state index contributed by atoms with van der Waals surface area (Å²) in [5.41, 5.74) is 0. The van der Waals surface area contributed by atoms with E-state index in [2.05, 4.69) is 22.9 Å². The van der Waals surface area contributed by atoms with E-state index < -0.39 is 0 Å². The van der Waals surface area contributed by atoms with Crippen LogP contribution in [-0.2, 0) is 6.61 Å². The minimum Gasteiger partial charge on any atom is -0.486 e. The monoisotopic (exact) mass is 365 g/mol. The Kier molecular flexibility index (Phi) is 6.07. The molecule has 0 fully saturated rings. The largest absolute Gasteiger partial charge is 0.486 e. The van der Waals surface area contributed by atoms with E-state index in [1.165, 1.54) is 0 Å². The van der Waals surface area contributed by atoms with E-state index in [1.54, 1.807) is 24.1 Å². The normalized spacial score (nSPS) is 10.5. The summed E-state index contributed by atoms with van der Waals surface area (Å²) in [7, 11) is 1.79. The van der Waals surface area contributed by atoms with Crippen molar-refractivity contribution in [1.82, 2.24) is 4.90 Å². The van der Waals surface area contributed by atoms with Crippen molar-refractivity contribution in [3.63, 3.8) is 0 Å². The first kappa shape index (κ1) is 16.6. The van der Waals surface area contributed by atoms with E-state index in [-0.39, 0.29) is 5.91 Å². The lowest BCUT2D eigenvalue weighted by Crippen LogP contribution is -2.27. The standard InChI is InChI=1S/C17H20BrNO3/c1-3-4-10-19(2)17(20)16-9-8-15(22-16)12-21-14-7-5-6-13(18)11-14/h5-9,11H,3-4,10,12H2,1-2H3. The second-order valence-electron chi connectivity index (χ2n) is 5.09. The maximum Gasteiger partial charge on any atom is 0.289 e. The van der Waals surface area contributed by atoms with Gasteiger partial charge in [0.25, 0.3) is 5.91 Å². The van der Waals surface area contributed by atoms with Crippen LogP contribution in [-0.4, -0.2) is 24.4 Å². The van der Waals surface area contributed by atoms with Crippen molar-refractivity contribution in [2.24, 2.45) is 0 Å². The lowest BCUT2D eigenvalue weighted by molar-refractivity contribution is 0.0757. The van der Waals surface area contributed by atoms with Gasteiger partial charge >= 0.3 is 0 Å². The molecule has 1 amide bonds. The SMILES string of the molecule is CCCCN(C)C(=O)c1ccc(COc2cccc(Br)c2)o1. The van der Waals surface area contributed by atoms with Gasteiger partial charge in [-0.1, -0.05) is 35.3 Å². The van der Waals surface area contributed by atoms with E-state index in [0.717, 1.165) is 29.6 Å². The summed E-state index contributed by atoms with van der Waals surface area (Å²) in [6, 6.07) is 11.1. The van der Waals surface area contributed by atoms with Gasteiger partial charge in [-0.25, -0.2) is 0 Å². The summed E-state index contributed by atoms with van der Waals surface area (Å²) in [5.74, 6) is 1.64. The zero-order chi connectivity index (χ0) is 15.9. The van der Waals surface area contributed by atoms with Gasteiger partial charge in [-0.15, -0.1) is 0 Å². The first-order valence-electron chi connectivity index (χ1n) is 7.32. The molecule has 4 nitrogen and oxygen atoms in total. The number of benzene rings is 1. The molecule has 118 valence electrons. The molecule has 0 aliphatic rings. The van der Waals surface area contributed by atoms with E-state index >= 15 is 0 Å². The van der Waals surface area contributed by atoms with Gasteiger partial charge in [0, 0.05) is 18.1 Å². The molecule has 2 aromatic rings. The van der Waals surface area contributed by atoms with E-state index in [4.69, 9.17) is 9.15 Å². The number of carbonyl (C=O) groups is 1.